The highest BCUT2D eigenvalue weighted by Gasteiger charge is 2.26. The van der Waals surface area contributed by atoms with Crippen molar-refractivity contribution in [3.8, 4) is 0 Å². The van der Waals surface area contributed by atoms with Crippen molar-refractivity contribution in [3.63, 3.8) is 0 Å². The van der Waals surface area contributed by atoms with Gasteiger partial charge in [-0.15, -0.1) is 0 Å². The van der Waals surface area contributed by atoms with Crippen LogP contribution in [0.1, 0.15) is 30.0 Å². The topological polar surface area (TPSA) is 113 Å². The number of hydrogen-bond acceptors (Lipinski definition) is 4. The molecule has 3 N–H and O–H groups in total. The van der Waals surface area contributed by atoms with Gasteiger partial charge in [-0.25, -0.2) is 4.39 Å². The van der Waals surface area contributed by atoms with Gasteiger partial charge >= 0.3 is 5.97 Å². The number of carboxylic acids is 1. The summed E-state index contributed by atoms with van der Waals surface area (Å²) in [4.78, 5) is 35.3. The molecule has 0 aromatic heterocycles. The van der Waals surface area contributed by atoms with Gasteiger partial charge in [-0.2, -0.15) is 0 Å². The molecule has 1 aliphatic carbocycles. The molecule has 9 heteroatoms. The van der Waals surface area contributed by atoms with Gasteiger partial charge < -0.3 is 15.7 Å². The second-order valence-electron chi connectivity index (χ2n) is 7.50. The highest BCUT2D eigenvalue weighted by molar-refractivity contribution is 7.84. The zero-order chi connectivity index (χ0) is 24.1. The fourth-order valence-corrected chi connectivity index (χ4v) is 4.06. The van der Waals surface area contributed by atoms with Crippen molar-refractivity contribution in [1.82, 2.24) is 10.6 Å². The summed E-state index contributed by atoms with van der Waals surface area (Å²) in [7, 11) is -1.08. The lowest BCUT2D eigenvalue weighted by Crippen LogP contribution is -2.39. The highest BCUT2D eigenvalue weighted by Crippen LogP contribution is 2.43. The number of carbonyl (C=O) groups is 3. The van der Waals surface area contributed by atoms with Crippen molar-refractivity contribution in [3.05, 3.63) is 70.5 Å². The molecule has 2 amide bonds. The molecule has 0 heterocycles. The third kappa shape index (κ3) is 6.01. The van der Waals surface area contributed by atoms with Crippen LogP contribution in [0.5, 0.6) is 0 Å². The molecule has 0 fully saturated rings. The minimum Gasteiger partial charge on any atom is -0.480 e. The molecule has 1 aliphatic rings. The van der Waals surface area contributed by atoms with Crippen molar-refractivity contribution >= 4 is 45.8 Å². The van der Waals surface area contributed by atoms with E-state index in [4.69, 9.17) is 5.11 Å². The third-order valence-corrected chi connectivity index (χ3v) is 6.13. The molecule has 7 nitrogen and oxygen atoms in total. The number of halogens is 1. The Morgan fingerprint density at radius 1 is 1.00 bits per heavy atom. The Hall–Kier alpha value is -3.59. The molecule has 0 bridgehead atoms. The molecule has 0 saturated heterocycles. The van der Waals surface area contributed by atoms with Gasteiger partial charge in [0.15, 0.2) is 0 Å². The van der Waals surface area contributed by atoms with Crippen molar-refractivity contribution in [2.45, 2.75) is 18.2 Å². The van der Waals surface area contributed by atoms with E-state index >= 15 is 0 Å². The Morgan fingerprint density at radius 3 is 2.30 bits per heavy atom. The van der Waals surface area contributed by atoms with E-state index in [2.05, 4.69) is 10.6 Å². The van der Waals surface area contributed by atoms with Gasteiger partial charge in [0.1, 0.15) is 12.4 Å². The Kier molecular flexibility index (Phi) is 7.55. The average molecular weight is 471 g/mol. The van der Waals surface area contributed by atoms with Gasteiger partial charge in [0.2, 0.25) is 11.8 Å². The molecule has 0 radical (unpaired) electrons. The maximum absolute atomic E-state index is 14.0. The SMILES string of the molecule is CC1=C(CC(=O)NCC(=O)NCC(=O)O)c2cc(F)ccc2/C1=C/c1ccc([S@](C)=O)cc1. The Labute approximate surface area is 192 Å². The van der Waals surface area contributed by atoms with Crippen LogP contribution in [0.25, 0.3) is 17.2 Å². The quantitative estimate of drug-likeness (QED) is 0.549. The molecule has 1 atom stereocenters. The Bertz CT molecular complexity index is 1200. The van der Waals surface area contributed by atoms with Gasteiger partial charge in [0, 0.05) is 22.0 Å². The summed E-state index contributed by atoms with van der Waals surface area (Å²) in [6.45, 7) is 0.957. The van der Waals surface area contributed by atoms with Gasteiger partial charge in [0.05, 0.1) is 13.0 Å². The zero-order valence-corrected chi connectivity index (χ0v) is 18.9. The number of allylic oxidation sites excluding steroid dienone is 2. The summed E-state index contributed by atoms with van der Waals surface area (Å²) in [6, 6.07) is 11.7. The average Bonchev–Trinajstić information content (AvgIpc) is 3.01. The van der Waals surface area contributed by atoms with Crippen LogP contribution in [-0.2, 0) is 25.2 Å². The number of rotatable bonds is 8. The lowest BCUT2D eigenvalue weighted by molar-refractivity contribution is -0.137. The fourth-order valence-electron chi connectivity index (χ4n) is 3.54. The van der Waals surface area contributed by atoms with E-state index < -0.39 is 40.9 Å². The van der Waals surface area contributed by atoms with Crippen LogP contribution < -0.4 is 10.6 Å². The first-order valence-corrected chi connectivity index (χ1v) is 11.6. The normalized spacial score (nSPS) is 14.7. The number of benzene rings is 2. The van der Waals surface area contributed by atoms with E-state index in [1.807, 2.05) is 25.1 Å². The number of nitrogens with one attached hydrogen (secondary N) is 2. The third-order valence-electron chi connectivity index (χ3n) is 5.20. The van der Waals surface area contributed by atoms with Gasteiger partial charge in [-0.1, -0.05) is 18.2 Å². The molecule has 0 spiro atoms. The van der Waals surface area contributed by atoms with E-state index in [0.717, 1.165) is 22.3 Å². The van der Waals surface area contributed by atoms with E-state index in [1.54, 1.807) is 24.5 Å². The highest BCUT2D eigenvalue weighted by atomic mass is 32.2. The smallest absolute Gasteiger partial charge is 0.322 e. The minimum atomic E-state index is -1.18. The molecule has 0 saturated carbocycles. The second kappa shape index (κ2) is 10.4. The van der Waals surface area contributed by atoms with E-state index in [0.29, 0.717) is 16.0 Å². The van der Waals surface area contributed by atoms with Crippen LogP contribution in [0.3, 0.4) is 0 Å². The predicted octanol–water partition coefficient (Wildman–Crippen LogP) is 2.60. The van der Waals surface area contributed by atoms with Crippen LogP contribution in [-0.4, -0.2) is 46.4 Å². The van der Waals surface area contributed by atoms with E-state index in [1.165, 1.54) is 12.1 Å². The van der Waals surface area contributed by atoms with Crippen LogP contribution in [0.2, 0.25) is 0 Å². The number of fused-ring (bicyclic) bond motifs is 1. The Morgan fingerprint density at radius 2 is 1.67 bits per heavy atom. The molecule has 33 heavy (non-hydrogen) atoms. The first-order valence-electron chi connectivity index (χ1n) is 10.1. The van der Waals surface area contributed by atoms with E-state index in [-0.39, 0.29) is 13.0 Å². The standard InChI is InChI=1S/C24H23FN2O5S/c1-14-19(9-15-3-6-17(7-4-15)33(2)32)18-8-5-16(25)10-21(18)20(14)11-22(28)26-12-23(29)27-13-24(30)31/h3-10H,11-13H2,1-2H3,(H,26,28)(H,27,29)(H,30,31)/b19-9+/t33-/m0/s1. The van der Waals surface area contributed by atoms with Gasteiger partial charge in [-0.05, 0) is 70.7 Å². The molecule has 3 rings (SSSR count). The first-order chi connectivity index (χ1) is 15.7. The van der Waals surface area contributed by atoms with Crippen molar-refractivity contribution in [1.29, 1.82) is 0 Å². The van der Waals surface area contributed by atoms with Crippen molar-refractivity contribution < 1.29 is 28.1 Å². The van der Waals surface area contributed by atoms with Crippen LogP contribution in [0.15, 0.2) is 52.9 Å². The molecule has 2 aromatic carbocycles. The summed E-state index contributed by atoms with van der Waals surface area (Å²) < 4.78 is 25.6. The van der Waals surface area contributed by atoms with Gasteiger partial charge in [0.25, 0.3) is 0 Å². The molecule has 2 aromatic rings. The van der Waals surface area contributed by atoms with Gasteiger partial charge in [-0.3, -0.25) is 18.6 Å². The molecular weight excluding hydrogens is 447 g/mol. The van der Waals surface area contributed by atoms with Crippen LogP contribution in [0.4, 0.5) is 4.39 Å². The summed E-state index contributed by atoms with van der Waals surface area (Å²) in [5, 5.41) is 13.2. The van der Waals surface area contributed by atoms with Crippen LogP contribution >= 0.6 is 0 Å². The molecule has 172 valence electrons. The second-order valence-corrected chi connectivity index (χ2v) is 8.88. The number of carbonyl (C=O) groups excluding carboxylic acids is 2. The molecule has 0 aliphatic heterocycles. The lowest BCUT2D eigenvalue weighted by Gasteiger charge is -2.08. The first kappa shape index (κ1) is 24.1. The summed E-state index contributed by atoms with van der Waals surface area (Å²) in [5.41, 5.74) is 4.57. The zero-order valence-electron chi connectivity index (χ0n) is 18.1. The summed E-state index contributed by atoms with van der Waals surface area (Å²) in [6.07, 6.45) is 3.47. The maximum Gasteiger partial charge on any atom is 0.322 e. The van der Waals surface area contributed by atoms with Crippen molar-refractivity contribution in [2.75, 3.05) is 19.3 Å². The number of hydrogen-bond donors (Lipinski definition) is 3. The number of aliphatic carboxylic acids is 1. The molecular formula is C24H23FN2O5S. The number of carboxylic acid groups (broad SMARTS) is 1. The minimum absolute atomic E-state index is 0.0698. The lowest BCUT2D eigenvalue weighted by atomic mass is 10.0. The largest absolute Gasteiger partial charge is 0.480 e. The summed E-state index contributed by atoms with van der Waals surface area (Å²) >= 11 is 0. The number of amides is 2. The monoisotopic (exact) mass is 470 g/mol. The predicted molar refractivity (Wildman–Crippen MR) is 124 cm³/mol. The molecule has 0 unspecified atom stereocenters. The van der Waals surface area contributed by atoms with E-state index in [9.17, 15) is 23.0 Å². The maximum atomic E-state index is 14.0. The van der Waals surface area contributed by atoms with Crippen LogP contribution in [0, 0.1) is 5.82 Å². The summed E-state index contributed by atoms with van der Waals surface area (Å²) in [5.74, 6) is -2.67. The Balaban J connectivity index is 1.83. The fraction of sp³-hybridized carbons (Fsp3) is 0.208. The van der Waals surface area contributed by atoms with Crippen molar-refractivity contribution in [2.24, 2.45) is 0 Å².